The number of hydrogen-bond donors (Lipinski definition) is 2. The standard InChI is InChI=1S/C33H38N4O3/c1-2-8-23(24-14-16-28(38)17-15-24)11-7-12-27-20-30-33(35-22-37(30)18-6-5-13-31(39)40)32(36-27)29-19-25-9-3-4-10-26(25)21-34-29/h3-4,9-10,14-17,20-23,29,38H,2,5-8,11-13,18-19H2,1H3,(H,39,40). The van der Waals surface area contributed by atoms with Crippen LogP contribution < -0.4 is 0 Å². The van der Waals surface area contributed by atoms with Gasteiger partial charge in [-0.3, -0.25) is 14.8 Å². The van der Waals surface area contributed by atoms with Crippen molar-refractivity contribution >= 4 is 23.2 Å². The Morgan fingerprint density at radius 2 is 1.90 bits per heavy atom. The minimum absolute atomic E-state index is 0.0856. The normalized spacial score (nSPS) is 15.3. The highest BCUT2D eigenvalue weighted by Crippen LogP contribution is 2.33. The summed E-state index contributed by atoms with van der Waals surface area (Å²) in [7, 11) is 0. The Balaban J connectivity index is 1.39. The van der Waals surface area contributed by atoms with Gasteiger partial charge in [0.1, 0.15) is 11.3 Å². The van der Waals surface area contributed by atoms with Crippen LogP contribution in [0.25, 0.3) is 11.0 Å². The van der Waals surface area contributed by atoms with Crippen LogP contribution in [0.5, 0.6) is 5.75 Å². The zero-order valence-corrected chi connectivity index (χ0v) is 23.2. The fraction of sp³-hybridized carbons (Fsp3) is 0.394. The Hall–Kier alpha value is -4.00. The van der Waals surface area contributed by atoms with Crippen molar-refractivity contribution < 1.29 is 15.0 Å². The summed E-state index contributed by atoms with van der Waals surface area (Å²) >= 11 is 0. The van der Waals surface area contributed by atoms with Gasteiger partial charge in [-0.05, 0) is 79.3 Å². The summed E-state index contributed by atoms with van der Waals surface area (Å²) in [5.74, 6) is -0.00186. The zero-order chi connectivity index (χ0) is 27.9. The molecule has 0 radical (unpaired) electrons. The molecule has 0 aliphatic carbocycles. The summed E-state index contributed by atoms with van der Waals surface area (Å²) in [4.78, 5) is 25.8. The Labute approximate surface area is 235 Å². The monoisotopic (exact) mass is 538 g/mol. The van der Waals surface area contributed by atoms with Crippen molar-refractivity contribution in [3.63, 3.8) is 0 Å². The number of imidazole rings is 1. The smallest absolute Gasteiger partial charge is 0.303 e. The quantitative estimate of drug-likeness (QED) is 0.178. The molecule has 1 aliphatic rings. The van der Waals surface area contributed by atoms with Gasteiger partial charge in [-0.1, -0.05) is 49.7 Å². The largest absolute Gasteiger partial charge is 0.508 e. The highest BCUT2D eigenvalue weighted by atomic mass is 16.4. The molecule has 4 aromatic rings. The highest BCUT2D eigenvalue weighted by molar-refractivity contribution is 5.84. The molecule has 0 bridgehead atoms. The van der Waals surface area contributed by atoms with Gasteiger partial charge in [0, 0.05) is 31.3 Å². The molecule has 0 amide bonds. The fourth-order valence-electron chi connectivity index (χ4n) is 5.78. The minimum Gasteiger partial charge on any atom is -0.508 e. The van der Waals surface area contributed by atoms with Gasteiger partial charge in [-0.2, -0.15) is 0 Å². The third kappa shape index (κ3) is 6.58. The van der Waals surface area contributed by atoms with Crippen molar-refractivity contribution in [3.05, 3.63) is 89.0 Å². The molecule has 0 spiro atoms. The number of phenolic OH excluding ortho intramolecular Hbond substituents is 1. The maximum absolute atomic E-state index is 11.0. The summed E-state index contributed by atoms with van der Waals surface area (Å²) in [6, 6.07) is 18.1. The Kier molecular flexibility index (Phi) is 8.89. The lowest BCUT2D eigenvalue weighted by molar-refractivity contribution is -0.137. The van der Waals surface area contributed by atoms with Crippen LogP contribution in [0.4, 0.5) is 0 Å². The first-order valence-electron chi connectivity index (χ1n) is 14.5. The topological polar surface area (TPSA) is 101 Å². The van der Waals surface area contributed by atoms with Crippen molar-refractivity contribution in [2.24, 2.45) is 4.99 Å². The Bertz CT molecular complexity index is 1480. The summed E-state index contributed by atoms with van der Waals surface area (Å²) in [5, 5.41) is 18.7. The molecule has 3 heterocycles. The molecule has 5 rings (SSSR count). The fourth-order valence-corrected chi connectivity index (χ4v) is 5.78. The number of carboxylic acids is 1. The van der Waals surface area contributed by atoms with Gasteiger partial charge >= 0.3 is 5.97 Å². The number of aryl methyl sites for hydroxylation is 2. The van der Waals surface area contributed by atoms with E-state index < -0.39 is 5.97 Å². The summed E-state index contributed by atoms with van der Waals surface area (Å²) in [6.07, 6.45) is 11.4. The SMILES string of the molecule is CCCC(CCCc1cc2c(ncn2CCCCC(=O)O)c(C2Cc3ccccc3C=N2)n1)c1ccc(O)cc1. The molecule has 2 aromatic carbocycles. The van der Waals surface area contributed by atoms with Gasteiger partial charge in [0.05, 0.1) is 23.6 Å². The number of aromatic hydroxyl groups is 1. The van der Waals surface area contributed by atoms with Crippen LogP contribution in [0, 0.1) is 0 Å². The number of phenols is 1. The number of rotatable bonds is 13. The zero-order valence-electron chi connectivity index (χ0n) is 23.2. The highest BCUT2D eigenvalue weighted by Gasteiger charge is 2.23. The van der Waals surface area contributed by atoms with Crippen molar-refractivity contribution in [1.29, 1.82) is 0 Å². The number of aliphatic imine (C=N–C) groups is 1. The van der Waals surface area contributed by atoms with Gasteiger partial charge in [0.25, 0.3) is 0 Å². The van der Waals surface area contributed by atoms with E-state index in [2.05, 4.69) is 35.8 Å². The number of pyridine rings is 1. The first-order chi connectivity index (χ1) is 19.5. The maximum Gasteiger partial charge on any atom is 0.303 e. The molecule has 2 N–H and O–H groups in total. The van der Waals surface area contributed by atoms with Crippen LogP contribution in [-0.2, 0) is 24.2 Å². The number of fused-ring (bicyclic) bond motifs is 2. The van der Waals surface area contributed by atoms with Gasteiger partial charge in [-0.15, -0.1) is 0 Å². The molecule has 2 atom stereocenters. The molecule has 0 fully saturated rings. The van der Waals surface area contributed by atoms with E-state index in [1.54, 1.807) is 12.1 Å². The number of carbonyl (C=O) groups is 1. The second kappa shape index (κ2) is 12.9. The van der Waals surface area contributed by atoms with Gasteiger partial charge in [-0.25, -0.2) is 4.98 Å². The molecule has 208 valence electrons. The van der Waals surface area contributed by atoms with E-state index in [-0.39, 0.29) is 12.5 Å². The number of benzene rings is 2. The van der Waals surface area contributed by atoms with Crippen molar-refractivity contribution in [1.82, 2.24) is 14.5 Å². The van der Waals surface area contributed by atoms with E-state index in [0.717, 1.165) is 79.5 Å². The Morgan fingerprint density at radius 1 is 1.07 bits per heavy atom. The van der Waals surface area contributed by atoms with Crippen LogP contribution in [0.1, 0.15) is 91.9 Å². The average Bonchev–Trinajstić information content (AvgIpc) is 3.37. The number of carboxylic acid groups (broad SMARTS) is 1. The van der Waals surface area contributed by atoms with Crippen molar-refractivity contribution in [2.75, 3.05) is 0 Å². The molecule has 2 unspecified atom stereocenters. The third-order valence-corrected chi connectivity index (χ3v) is 7.89. The first-order valence-corrected chi connectivity index (χ1v) is 14.5. The predicted molar refractivity (Wildman–Crippen MR) is 158 cm³/mol. The maximum atomic E-state index is 11.0. The van der Waals surface area contributed by atoms with Crippen LogP contribution >= 0.6 is 0 Å². The van der Waals surface area contributed by atoms with E-state index in [0.29, 0.717) is 18.1 Å². The van der Waals surface area contributed by atoms with Crippen LogP contribution in [0.15, 0.2) is 65.9 Å². The first kappa shape index (κ1) is 27.6. The third-order valence-electron chi connectivity index (χ3n) is 7.89. The number of aromatic nitrogens is 3. The molecule has 7 heteroatoms. The van der Waals surface area contributed by atoms with Gasteiger partial charge < -0.3 is 14.8 Å². The number of hydrogen-bond acceptors (Lipinski definition) is 5. The molecule has 40 heavy (non-hydrogen) atoms. The van der Waals surface area contributed by atoms with Crippen molar-refractivity contribution in [3.8, 4) is 5.75 Å². The van der Waals surface area contributed by atoms with Crippen LogP contribution in [0.2, 0.25) is 0 Å². The van der Waals surface area contributed by atoms with Gasteiger partial charge in [0.15, 0.2) is 0 Å². The summed E-state index contributed by atoms with van der Waals surface area (Å²) in [5.41, 5.74) is 7.61. The second-order valence-corrected chi connectivity index (χ2v) is 10.8. The van der Waals surface area contributed by atoms with Crippen molar-refractivity contribution in [2.45, 2.75) is 83.2 Å². The molecular weight excluding hydrogens is 500 g/mol. The number of aliphatic carboxylic acids is 1. The van der Waals surface area contributed by atoms with E-state index in [4.69, 9.17) is 20.1 Å². The van der Waals surface area contributed by atoms with Crippen LogP contribution in [-0.4, -0.2) is 36.9 Å². The number of nitrogens with zero attached hydrogens (tertiary/aromatic N) is 4. The van der Waals surface area contributed by atoms with E-state index >= 15 is 0 Å². The van der Waals surface area contributed by atoms with E-state index in [1.807, 2.05) is 30.7 Å². The number of unbranched alkanes of at least 4 members (excludes halogenated alkanes) is 1. The second-order valence-electron chi connectivity index (χ2n) is 10.8. The molecule has 7 nitrogen and oxygen atoms in total. The summed E-state index contributed by atoms with van der Waals surface area (Å²) in [6.45, 7) is 2.94. The molecule has 1 aliphatic heterocycles. The molecule has 2 aromatic heterocycles. The van der Waals surface area contributed by atoms with Gasteiger partial charge in [0.2, 0.25) is 0 Å². The van der Waals surface area contributed by atoms with Crippen LogP contribution in [0.3, 0.4) is 0 Å². The molecular formula is C33H38N4O3. The lowest BCUT2D eigenvalue weighted by Gasteiger charge is -2.20. The molecule has 0 saturated heterocycles. The minimum atomic E-state index is -0.756. The Morgan fingerprint density at radius 3 is 2.70 bits per heavy atom. The lowest BCUT2D eigenvalue weighted by Crippen LogP contribution is -2.12. The average molecular weight is 539 g/mol. The molecule has 0 saturated carbocycles. The lowest BCUT2D eigenvalue weighted by atomic mass is 9.89. The predicted octanol–water partition coefficient (Wildman–Crippen LogP) is 7.01. The van der Waals surface area contributed by atoms with E-state index in [1.165, 1.54) is 11.1 Å². The van der Waals surface area contributed by atoms with E-state index in [9.17, 15) is 9.90 Å². The summed E-state index contributed by atoms with van der Waals surface area (Å²) < 4.78 is 2.14.